The molecule has 7 nitrogen and oxygen atoms in total. The summed E-state index contributed by atoms with van der Waals surface area (Å²) in [5.41, 5.74) is 0. The molecule has 0 radical (unpaired) electrons. The van der Waals surface area contributed by atoms with Gasteiger partial charge in [0.25, 0.3) is 0 Å². The van der Waals surface area contributed by atoms with Gasteiger partial charge in [-0.2, -0.15) is 0 Å². The van der Waals surface area contributed by atoms with Crippen molar-refractivity contribution in [2.75, 3.05) is 66.6 Å². The molecule has 0 aromatic carbocycles. The third-order valence-corrected chi connectivity index (χ3v) is 2.83. The Balaban J connectivity index is 2.43. The molecule has 1 aliphatic rings. The summed E-state index contributed by atoms with van der Waals surface area (Å²) in [6.45, 7) is 4.14. The highest BCUT2D eigenvalue weighted by atomic mass is 16.5. The first-order valence-electron chi connectivity index (χ1n) is 6.56. The first kappa shape index (κ1) is 15.9. The number of rotatable bonds is 0. The van der Waals surface area contributed by atoms with Crippen molar-refractivity contribution in [3.8, 4) is 0 Å². The fraction of sp³-hybridized carbons (Fsp3) is 0.833. The Hall–Kier alpha value is -1.18. The lowest BCUT2D eigenvalue weighted by atomic mass is 10.4. The second-order valence-corrected chi connectivity index (χ2v) is 4.79. The maximum Gasteiger partial charge on any atom is 0.234 e. The molecule has 0 atom stereocenters. The van der Waals surface area contributed by atoms with Crippen LogP contribution in [0.1, 0.15) is 0 Å². The Morgan fingerprint density at radius 1 is 0.895 bits per heavy atom. The normalized spacial score (nSPS) is 23.1. The van der Waals surface area contributed by atoms with Gasteiger partial charge in [0.2, 0.25) is 11.8 Å². The SMILES string of the molecule is CN1CCN(C)CC(=O)NCCOCCNC(=O)C1. The van der Waals surface area contributed by atoms with Gasteiger partial charge in [-0.05, 0) is 14.1 Å². The monoisotopic (exact) mass is 272 g/mol. The predicted molar refractivity (Wildman–Crippen MR) is 71.8 cm³/mol. The smallest absolute Gasteiger partial charge is 0.234 e. The first-order valence-corrected chi connectivity index (χ1v) is 6.56. The number of carbonyl (C=O) groups excluding carboxylic acids is 2. The minimum absolute atomic E-state index is 0.00201. The second kappa shape index (κ2) is 8.84. The molecule has 19 heavy (non-hydrogen) atoms. The molecule has 0 spiro atoms. The zero-order valence-corrected chi connectivity index (χ0v) is 11.8. The van der Waals surface area contributed by atoms with Crippen LogP contribution in [0.3, 0.4) is 0 Å². The Kier molecular flexibility index (Phi) is 7.39. The van der Waals surface area contributed by atoms with Crippen molar-refractivity contribution in [1.29, 1.82) is 0 Å². The lowest BCUT2D eigenvalue weighted by Gasteiger charge is -2.21. The summed E-state index contributed by atoms with van der Waals surface area (Å²) in [5.74, 6) is -0.00403. The van der Waals surface area contributed by atoms with Gasteiger partial charge in [0.1, 0.15) is 0 Å². The molecular weight excluding hydrogens is 248 g/mol. The first-order chi connectivity index (χ1) is 9.08. The summed E-state index contributed by atoms with van der Waals surface area (Å²) in [5, 5.41) is 5.59. The Morgan fingerprint density at radius 2 is 1.32 bits per heavy atom. The van der Waals surface area contributed by atoms with Crippen LogP contribution in [-0.2, 0) is 14.3 Å². The van der Waals surface area contributed by atoms with Crippen LogP contribution in [0.5, 0.6) is 0 Å². The summed E-state index contributed by atoms with van der Waals surface area (Å²) in [4.78, 5) is 27.0. The van der Waals surface area contributed by atoms with Crippen molar-refractivity contribution >= 4 is 11.8 Å². The highest BCUT2D eigenvalue weighted by Gasteiger charge is 2.10. The summed E-state index contributed by atoms with van der Waals surface area (Å²) in [6.07, 6.45) is 0. The number of likely N-dealkylation sites (N-methyl/N-ethyl adjacent to an activating group) is 2. The third-order valence-electron chi connectivity index (χ3n) is 2.83. The van der Waals surface area contributed by atoms with Gasteiger partial charge in [-0.1, -0.05) is 0 Å². The fourth-order valence-electron chi connectivity index (χ4n) is 1.73. The van der Waals surface area contributed by atoms with E-state index in [0.29, 0.717) is 39.4 Å². The van der Waals surface area contributed by atoms with Gasteiger partial charge < -0.3 is 15.4 Å². The van der Waals surface area contributed by atoms with Crippen LogP contribution < -0.4 is 10.6 Å². The average molecular weight is 272 g/mol. The van der Waals surface area contributed by atoms with Gasteiger partial charge in [0.15, 0.2) is 0 Å². The molecule has 0 saturated carbocycles. The number of nitrogens with one attached hydrogen (secondary N) is 2. The Labute approximate surface area is 114 Å². The molecule has 0 bridgehead atoms. The van der Waals surface area contributed by atoms with Crippen molar-refractivity contribution < 1.29 is 14.3 Å². The largest absolute Gasteiger partial charge is 0.378 e. The van der Waals surface area contributed by atoms with Gasteiger partial charge in [0, 0.05) is 26.2 Å². The van der Waals surface area contributed by atoms with E-state index >= 15 is 0 Å². The molecule has 7 heteroatoms. The van der Waals surface area contributed by atoms with Gasteiger partial charge in [-0.25, -0.2) is 0 Å². The van der Waals surface area contributed by atoms with E-state index in [9.17, 15) is 9.59 Å². The number of nitrogens with zero attached hydrogens (tertiary/aromatic N) is 2. The zero-order valence-electron chi connectivity index (χ0n) is 11.8. The highest BCUT2D eigenvalue weighted by molar-refractivity contribution is 5.78. The Bertz CT molecular complexity index is 271. The quantitative estimate of drug-likeness (QED) is 0.539. The number of carbonyl (C=O) groups is 2. The van der Waals surface area contributed by atoms with E-state index in [1.807, 2.05) is 23.9 Å². The van der Waals surface area contributed by atoms with Gasteiger partial charge >= 0.3 is 0 Å². The fourth-order valence-corrected chi connectivity index (χ4v) is 1.73. The minimum atomic E-state index is -0.00201. The lowest BCUT2D eigenvalue weighted by molar-refractivity contribution is -0.123. The number of ether oxygens (including phenoxy) is 1. The lowest BCUT2D eigenvalue weighted by Crippen LogP contribution is -2.41. The van der Waals surface area contributed by atoms with Crippen molar-refractivity contribution in [3.05, 3.63) is 0 Å². The topological polar surface area (TPSA) is 73.9 Å². The van der Waals surface area contributed by atoms with E-state index in [0.717, 1.165) is 13.1 Å². The average Bonchev–Trinajstić information content (AvgIpc) is 2.34. The molecule has 1 saturated heterocycles. The molecule has 2 amide bonds. The van der Waals surface area contributed by atoms with Crippen LogP contribution in [0.25, 0.3) is 0 Å². The van der Waals surface area contributed by atoms with Crippen LogP contribution in [0.2, 0.25) is 0 Å². The predicted octanol–water partition coefficient (Wildman–Crippen LogP) is -1.89. The molecule has 1 heterocycles. The summed E-state index contributed by atoms with van der Waals surface area (Å²) < 4.78 is 5.30. The molecule has 2 N–H and O–H groups in total. The highest BCUT2D eigenvalue weighted by Crippen LogP contribution is 1.88. The van der Waals surface area contributed by atoms with Crippen molar-refractivity contribution in [3.63, 3.8) is 0 Å². The molecule has 0 unspecified atom stereocenters. The molecule has 1 rings (SSSR count). The van der Waals surface area contributed by atoms with Gasteiger partial charge in [-0.3, -0.25) is 19.4 Å². The zero-order chi connectivity index (χ0) is 14.1. The summed E-state index contributed by atoms with van der Waals surface area (Å²) in [7, 11) is 3.78. The number of hydrogen-bond acceptors (Lipinski definition) is 5. The molecular formula is C12H24N4O3. The second-order valence-electron chi connectivity index (χ2n) is 4.79. The van der Waals surface area contributed by atoms with E-state index in [1.54, 1.807) is 0 Å². The molecule has 0 aromatic heterocycles. The molecule has 0 aromatic rings. The summed E-state index contributed by atoms with van der Waals surface area (Å²) >= 11 is 0. The van der Waals surface area contributed by atoms with Crippen molar-refractivity contribution in [2.45, 2.75) is 0 Å². The maximum atomic E-state index is 11.6. The van der Waals surface area contributed by atoms with Crippen LogP contribution >= 0.6 is 0 Å². The van der Waals surface area contributed by atoms with E-state index in [2.05, 4.69) is 10.6 Å². The van der Waals surface area contributed by atoms with Crippen LogP contribution in [0, 0.1) is 0 Å². The maximum absolute atomic E-state index is 11.6. The third kappa shape index (κ3) is 7.76. The molecule has 1 aliphatic heterocycles. The van der Waals surface area contributed by atoms with Crippen LogP contribution in [-0.4, -0.2) is 88.2 Å². The summed E-state index contributed by atoms with van der Waals surface area (Å²) in [6, 6.07) is 0. The van der Waals surface area contributed by atoms with E-state index < -0.39 is 0 Å². The molecule has 0 aliphatic carbocycles. The van der Waals surface area contributed by atoms with Crippen LogP contribution in [0.4, 0.5) is 0 Å². The van der Waals surface area contributed by atoms with E-state index in [4.69, 9.17) is 4.74 Å². The minimum Gasteiger partial charge on any atom is -0.378 e. The van der Waals surface area contributed by atoms with E-state index in [1.165, 1.54) is 0 Å². The standard InChI is InChI=1S/C12H24N4O3/c1-15-5-6-16(2)10-12(18)14-4-8-19-7-3-13-11(17)9-15/h3-10H2,1-2H3,(H,13,17)(H,14,18). The molecule has 1 fully saturated rings. The number of amides is 2. The molecule has 110 valence electrons. The van der Waals surface area contributed by atoms with E-state index in [-0.39, 0.29) is 11.8 Å². The van der Waals surface area contributed by atoms with Crippen molar-refractivity contribution in [1.82, 2.24) is 20.4 Å². The van der Waals surface area contributed by atoms with Crippen molar-refractivity contribution in [2.24, 2.45) is 0 Å². The van der Waals surface area contributed by atoms with Gasteiger partial charge in [-0.15, -0.1) is 0 Å². The van der Waals surface area contributed by atoms with Crippen LogP contribution in [0.15, 0.2) is 0 Å². The van der Waals surface area contributed by atoms with Gasteiger partial charge in [0.05, 0.1) is 26.3 Å². The Morgan fingerprint density at radius 3 is 1.74 bits per heavy atom. The number of hydrogen-bond donors (Lipinski definition) is 2.